The second kappa shape index (κ2) is 7.13. The van der Waals surface area contributed by atoms with Gasteiger partial charge in [0.2, 0.25) is 0 Å². The summed E-state index contributed by atoms with van der Waals surface area (Å²) in [5.74, 6) is -0.397. The number of halogens is 1. The van der Waals surface area contributed by atoms with Gasteiger partial charge < -0.3 is 14.5 Å². The van der Waals surface area contributed by atoms with Gasteiger partial charge in [-0.1, -0.05) is 12.1 Å². The lowest BCUT2D eigenvalue weighted by Gasteiger charge is -2.08. The molecule has 134 valence electrons. The summed E-state index contributed by atoms with van der Waals surface area (Å²) in [4.78, 5) is 12.3. The van der Waals surface area contributed by atoms with E-state index in [1.54, 1.807) is 41.3 Å². The topological polar surface area (TPSA) is 69.3 Å². The number of hydrogen-bond donors (Lipinski definition) is 1. The summed E-state index contributed by atoms with van der Waals surface area (Å²) in [7, 11) is 0. The molecular formula is C19H18FN3O3. The largest absolute Gasteiger partial charge is 0.451 e. The standard InChI is InChI=1S/C19H18FN3O3/c20-16-6-2-1-5-15(16)17-7-8-18(26-17)19(24)22-13-10-21-23(11-13)12-14-4-3-9-25-14/h1-2,5-8,10-11,14H,3-4,9,12H2,(H,22,24)/t14-/m1/s1. The molecular weight excluding hydrogens is 337 g/mol. The third-order valence-corrected chi connectivity index (χ3v) is 4.27. The van der Waals surface area contributed by atoms with Gasteiger partial charge in [-0.3, -0.25) is 9.48 Å². The number of furan rings is 1. The number of amides is 1. The van der Waals surface area contributed by atoms with Crippen LogP contribution < -0.4 is 5.32 Å². The Kier molecular flexibility index (Phi) is 4.53. The van der Waals surface area contributed by atoms with Crippen LogP contribution in [0.25, 0.3) is 11.3 Å². The highest BCUT2D eigenvalue weighted by Crippen LogP contribution is 2.25. The quantitative estimate of drug-likeness (QED) is 0.757. The molecule has 7 heteroatoms. The Morgan fingerprint density at radius 2 is 2.19 bits per heavy atom. The molecule has 1 fully saturated rings. The number of rotatable bonds is 5. The number of hydrogen-bond acceptors (Lipinski definition) is 4. The molecule has 2 aromatic heterocycles. The molecule has 4 rings (SSSR count). The molecule has 1 saturated heterocycles. The summed E-state index contributed by atoms with van der Waals surface area (Å²) < 4.78 is 26.6. The van der Waals surface area contributed by atoms with Crippen molar-refractivity contribution in [2.75, 3.05) is 11.9 Å². The van der Waals surface area contributed by atoms with Crippen molar-refractivity contribution in [3.05, 3.63) is 60.4 Å². The zero-order valence-corrected chi connectivity index (χ0v) is 14.0. The third-order valence-electron chi connectivity index (χ3n) is 4.27. The molecule has 1 aromatic carbocycles. The molecule has 3 aromatic rings. The summed E-state index contributed by atoms with van der Waals surface area (Å²) >= 11 is 0. The van der Waals surface area contributed by atoms with Crippen LogP contribution in [0.4, 0.5) is 10.1 Å². The molecule has 3 heterocycles. The van der Waals surface area contributed by atoms with Crippen LogP contribution in [0, 0.1) is 5.82 Å². The summed E-state index contributed by atoms with van der Waals surface area (Å²) in [5, 5.41) is 6.96. The van der Waals surface area contributed by atoms with E-state index in [0.717, 1.165) is 19.4 Å². The first-order valence-electron chi connectivity index (χ1n) is 8.49. The molecule has 1 atom stereocenters. The minimum atomic E-state index is -0.413. The van der Waals surface area contributed by atoms with Crippen LogP contribution in [0.5, 0.6) is 0 Å². The van der Waals surface area contributed by atoms with Crippen LogP contribution in [-0.4, -0.2) is 28.4 Å². The van der Waals surface area contributed by atoms with Gasteiger partial charge >= 0.3 is 0 Å². The summed E-state index contributed by atoms with van der Waals surface area (Å²) in [5.41, 5.74) is 0.882. The number of carbonyl (C=O) groups is 1. The van der Waals surface area contributed by atoms with Gasteiger partial charge in [-0.25, -0.2) is 4.39 Å². The number of nitrogens with one attached hydrogen (secondary N) is 1. The molecule has 0 unspecified atom stereocenters. The Balaban J connectivity index is 1.42. The highest BCUT2D eigenvalue weighted by molar-refractivity contribution is 6.02. The Labute approximate surface area is 149 Å². The first-order chi connectivity index (χ1) is 12.7. The van der Waals surface area contributed by atoms with Crippen molar-refractivity contribution >= 4 is 11.6 Å². The molecule has 0 aliphatic carbocycles. The normalized spacial score (nSPS) is 16.7. The second-order valence-corrected chi connectivity index (χ2v) is 6.18. The van der Waals surface area contributed by atoms with Gasteiger partial charge in [0.1, 0.15) is 11.6 Å². The fourth-order valence-electron chi connectivity index (χ4n) is 2.98. The van der Waals surface area contributed by atoms with E-state index in [9.17, 15) is 9.18 Å². The van der Waals surface area contributed by atoms with Gasteiger partial charge in [-0.15, -0.1) is 0 Å². The Morgan fingerprint density at radius 1 is 1.31 bits per heavy atom. The lowest BCUT2D eigenvalue weighted by atomic mass is 10.1. The summed E-state index contributed by atoms with van der Waals surface area (Å²) in [6.07, 6.45) is 5.59. The average molecular weight is 355 g/mol. The molecule has 1 aliphatic heterocycles. The van der Waals surface area contributed by atoms with Crippen molar-refractivity contribution in [2.24, 2.45) is 0 Å². The first-order valence-corrected chi connectivity index (χ1v) is 8.49. The molecule has 1 amide bonds. The fourth-order valence-corrected chi connectivity index (χ4v) is 2.98. The Morgan fingerprint density at radius 3 is 3.00 bits per heavy atom. The van der Waals surface area contributed by atoms with Gasteiger partial charge in [0.05, 0.1) is 30.1 Å². The van der Waals surface area contributed by atoms with E-state index in [2.05, 4.69) is 10.4 Å². The molecule has 6 nitrogen and oxygen atoms in total. The van der Waals surface area contributed by atoms with Gasteiger partial charge in [-0.05, 0) is 37.1 Å². The number of benzene rings is 1. The number of aromatic nitrogens is 2. The second-order valence-electron chi connectivity index (χ2n) is 6.18. The van der Waals surface area contributed by atoms with Crippen LogP contribution in [0.2, 0.25) is 0 Å². The van der Waals surface area contributed by atoms with Gasteiger partial charge in [0.25, 0.3) is 5.91 Å². The minimum absolute atomic E-state index is 0.107. The summed E-state index contributed by atoms with van der Waals surface area (Å²) in [6, 6.07) is 9.36. The molecule has 0 spiro atoms. The van der Waals surface area contributed by atoms with E-state index in [0.29, 0.717) is 23.6 Å². The lowest BCUT2D eigenvalue weighted by molar-refractivity contribution is 0.0940. The fraction of sp³-hybridized carbons (Fsp3) is 0.263. The van der Waals surface area contributed by atoms with Crippen molar-refractivity contribution in [2.45, 2.75) is 25.5 Å². The van der Waals surface area contributed by atoms with E-state index in [4.69, 9.17) is 9.15 Å². The Bertz CT molecular complexity index is 912. The molecule has 0 radical (unpaired) electrons. The van der Waals surface area contributed by atoms with E-state index < -0.39 is 11.7 Å². The minimum Gasteiger partial charge on any atom is -0.451 e. The molecule has 0 saturated carbocycles. The highest BCUT2D eigenvalue weighted by atomic mass is 19.1. The highest BCUT2D eigenvalue weighted by Gasteiger charge is 2.18. The maximum Gasteiger partial charge on any atom is 0.291 e. The molecule has 1 aliphatic rings. The number of carbonyl (C=O) groups excluding carboxylic acids is 1. The van der Waals surface area contributed by atoms with Crippen molar-refractivity contribution in [3.63, 3.8) is 0 Å². The number of ether oxygens (including phenoxy) is 1. The number of anilines is 1. The van der Waals surface area contributed by atoms with E-state index in [1.807, 2.05) is 0 Å². The van der Waals surface area contributed by atoms with Gasteiger partial charge in [0.15, 0.2) is 5.76 Å². The maximum absolute atomic E-state index is 13.8. The average Bonchev–Trinajstić information content (AvgIpc) is 3.38. The zero-order valence-electron chi connectivity index (χ0n) is 14.0. The van der Waals surface area contributed by atoms with Crippen LogP contribution in [0.15, 0.2) is 53.2 Å². The lowest BCUT2D eigenvalue weighted by Crippen LogP contribution is -2.15. The third kappa shape index (κ3) is 3.52. The smallest absolute Gasteiger partial charge is 0.291 e. The summed E-state index contributed by atoms with van der Waals surface area (Å²) in [6.45, 7) is 1.45. The molecule has 1 N–H and O–H groups in total. The first kappa shape index (κ1) is 16.5. The van der Waals surface area contributed by atoms with Crippen molar-refractivity contribution in [1.82, 2.24) is 9.78 Å². The monoisotopic (exact) mass is 355 g/mol. The number of nitrogens with zero attached hydrogens (tertiary/aromatic N) is 2. The Hall–Kier alpha value is -2.93. The van der Waals surface area contributed by atoms with E-state index in [-0.39, 0.29) is 11.9 Å². The van der Waals surface area contributed by atoms with Gasteiger partial charge in [0, 0.05) is 12.8 Å². The van der Waals surface area contributed by atoms with E-state index in [1.165, 1.54) is 12.1 Å². The predicted octanol–water partition coefficient (Wildman–Crippen LogP) is 3.71. The van der Waals surface area contributed by atoms with Crippen LogP contribution in [0.3, 0.4) is 0 Å². The van der Waals surface area contributed by atoms with Crippen LogP contribution in [-0.2, 0) is 11.3 Å². The predicted molar refractivity (Wildman–Crippen MR) is 93.3 cm³/mol. The van der Waals surface area contributed by atoms with Crippen LogP contribution in [0.1, 0.15) is 23.4 Å². The van der Waals surface area contributed by atoms with E-state index >= 15 is 0 Å². The van der Waals surface area contributed by atoms with Gasteiger partial charge in [-0.2, -0.15) is 5.10 Å². The SMILES string of the molecule is O=C(Nc1cnn(C[C@H]2CCCO2)c1)c1ccc(-c2ccccc2F)o1. The van der Waals surface area contributed by atoms with Crippen molar-refractivity contribution < 1.29 is 18.3 Å². The van der Waals surface area contributed by atoms with Crippen LogP contribution >= 0.6 is 0 Å². The molecule has 0 bridgehead atoms. The van der Waals surface area contributed by atoms with Crippen molar-refractivity contribution in [1.29, 1.82) is 0 Å². The maximum atomic E-state index is 13.8. The molecule has 26 heavy (non-hydrogen) atoms. The van der Waals surface area contributed by atoms with Crippen molar-refractivity contribution in [3.8, 4) is 11.3 Å². The zero-order chi connectivity index (χ0) is 17.9.